The fraction of sp³-hybridized carbons (Fsp3) is 0.200. The SMILES string of the molecule is Cc1ccc(C)c(S(=O)(=O)NOCc2ccccc2)c1. The second-order valence-corrected chi connectivity index (χ2v) is 6.24. The molecule has 4 nitrogen and oxygen atoms in total. The lowest BCUT2D eigenvalue weighted by Crippen LogP contribution is -2.24. The maximum absolute atomic E-state index is 12.2. The normalized spacial score (nSPS) is 11.5. The van der Waals surface area contributed by atoms with Crippen LogP contribution in [0.3, 0.4) is 0 Å². The van der Waals surface area contributed by atoms with E-state index in [2.05, 4.69) is 4.89 Å². The molecule has 2 aromatic carbocycles. The minimum Gasteiger partial charge on any atom is -0.282 e. The first-order chi connectivity index (χ1) is 9.49. The van der Waals surface area contributed by atoms with E-state index < -0.39 is 10.0 Å². The summed E-state index contributed by atoms with van der Waals surface area (Å²) in [5.41, 5.74) is 2.47. The van der Waals surface area contributed by atoms with Gasteiger partial charge in [-0.05, 0) is 36.6 Å². The van der Waals surface area contributed by atoms with Gasteiger partial charge >= 0.3 is 0 Å². The van der Waals surface area contributed by atoms with Crippen LogP contribution in [0.5, 0.6) is 0 Å². The van der Waals surface area contributed by atoms with E-state index in [0.717, 1.165) is 11.1 Å². The molecule has 0 amide bonds. The Hall–Kier alpha value is -1.69. The van der Waals surface area contributed by atoms with Crippen molar-refractivity contribution in [1.82, 2.24) is 4.89 Å². The molecule has 0 aliphatic carbocycles. The van der Waals surface area contributed by atoms with Gasteiger partial charge in [-0.25, -0.2) is 8.42 Å². The summed E-state index contributed by atoms with van der Waals surface area (Å²) in [4.78, 5) is 7.50. The standard InChI is InChI=1S/C15H17NO3S/c1-12-8-9-13(2)15(10-12)20(17,18)16-19-11-14-6-4-3-5-7-14/h3-10,16H,11H2,1-2H3. The maximum atomic E-state index is 12.2. The first-order valence-electron chi connectivity index (χ1n) is 6.24. The Morgan fingerprint density at radius 3 is 2.45 bits per heavy atom. The van der Waals surface area contributed by atoms with Crippen LogP contribution in [-0.2, 0) is 21.5 Å². The molecule has 2 aromatic rings. The smallest absolute Gasteiger partial charge is 0.262 e. The summed E-state index contributed by atoms with van der Waals surface area (Å²) < 4.78 is 24.3. The lowest BCUT2D eigenvalue weighted by atomic mass is 10.2. The summed E-state index contributed by atoms with van der Waals surface area (Å²) in [5.74, 6) is 0. The zero-order valence-electron chi connectivity index (χ0n) is 11.5. The molecule has 1 N–H and O–H groups in total. The van der Waals surface area contributed by atoms with Crippen LogP contribution in [0.4, 0.5) is 0 Å². The summed E-state index contributed by atoms with van der Waals surface area (Å²) in [6.07, 6.45) is 0. The molecule has 0 atom stereocenters. The lowest BCUT2D eigenvalue weighted by Gasteiger charge is -2.10. The van der Waals surface area contributed by atoms with Gasteiger partial charge in [0, 0.05) is 0 Å². The van der Waals surface area contributed by atoms with Crippen LogP contribution in [0.25, 0.3) is 0 Å². The van der Waals surface area contributed by atoms with Gasteiger partial charge in [-0.15, -0.1) is 0 Å². The number of nitrogens with one attached hydrogen (secondary N) is 1. The molecule has 0 heterocycles. The first-order valence-corrected chi connectivity index (χ1v) is 7.72. The van der Waals surface area contributed by atoms with Crippen molar-refractivity contribution in [1.29, 1.82) is 0 Å². The number of rotatable bonds is 5. The molecule has 0 radical (unpaired) electrons. The third-order valence-electron chi connectivity index (χ3n) is 2.88. The second-order valence-electron chi connectivity index (χ2n) is 4.63. The van der Waals surface area contributed by atoms with Crippen molar-refractivity contribution < 1.29 is 13.3 Å². The molecule has 5 heteroatoms. The monoisotopic (exact) mass is 291 g/mol. The summed E-state index contributed by atoms with van der Waals surface area (Å²) in [7, 11) is -3.66. The van der Waals surface area contributed by atoms with Crippen LogP contribution in [0.1, 0.15) is 16.7 Å². The molecular formula is C15H17NO3S. The van der Waals surface area contributed by atoms with E-state index in [-0.39, 0.29) is 11.5 Å². The topological polar surface area (TPSA) is 55.4 Å². The van der Waals surface area contributed by atoms with Gasteiger partial charge in [0.1, 0.15) is 0 Å². The van der Waals surface area contributed by atoms with Gasteiger partial charge in [-0.3, -0.25) is 4.84 Å². The molecule has 106 valence electrons. The third kappa shape index (κ3) is 3.66. The molecular weight excluding hydrogens is 274 g/mol. The molecule has 0 spiro atoms. The molecule has 0 aromatic heterocycles. The van der Waals surface area contributed by atoms with Gasteiger partial charge in [0.2, 0.25) is 0 Å². The molecule has 0 aliphatic rings. The summed E-state index contributed by atoms with van der Waals surface area (Å²) in [6, 6.07) is 14.7. The fourth-order valence-electron chi connectivity index (χ4n) is 1.81. The molecule has 0 saturated heterocycles. The van der Waals surface area contributed by atoms with Crippen molar-refractivity contribution >= 4 is 10.0 Å². The van der Waals surface area contributed by atoms with E-state index in [1.165, 1.54) is 0 Å². The molecule has 0 fully saturated rings. The van der Waals surface area contributed by atoms with Crippen LogP contribution in [0, 0.1) is 13.8 Å². The van der Waals surface area contributed by atoms with Crippen molar-refractivity contribution in [2.24, 2.45) is 0 Å². The summed E-state index contributed by atoms with van der Waals surface area (Å²) >= 11 is 0. The van der Waals surface area contributed by atoms with Gasteiger partial charge in [-0.1, -0.05) is 47.3 Å². The average Bonchev–Trinajstić information content (AvgIpc) is 2.42. The molecule has 20 heavy (non-hydrogen) atoms. The van der Waals surface area contributed by atoms with E-state index in [0.29, 0.717) is 5.56 Å². The highest BCUT2D eigenvalue weighted by molar-refractivity contribution is 7.89. The minimum atomic E-state index is -3.66. The Labute approximate surface area is 119 Å². The van der Waals surface area contributed by atoms with E-state index in [9.17, 15) is 8.42 Å². The highest BCUT2D eigenvalue weighted by atomic mass is 32.2. The zero-order valence-corrected chi connectivity index (χ0v) is 12.3. The van der Waals surface area contributed by atoms with Crippen molar-refractivity contribution in [3.8, 4) is 0 Å². The second kappa shape index (κ2) is 6.17. The van der Waals surface area contributed by atoms with E-state index >= 15 is 0 Å². The van der Waals surface area contributed by atoms with E-state index in [1.807, 2.05) is 43.3 Å². The maximum Gasteiger partial charge on any atom is 0.262 e. The first kappa shape index (κ1) is 14.7. The van der Waals surface area contributed by atoms with E-state index in [4.69, 9.17) is 4.84 Å². The van der Waals surface area contributed by atoms with Crippen molar-refractivity contribution in [3.05, 3.63) is 65.2 Å². The van der Waals surface area contributed by atoms with Crippen molar-refractivity contribution in [2.75, 3.05) is 0 Å². The fourth-order valence-corrected chi connectivity index (χ4v) is 2.94. The van der Waals surface area contributed by atoms with Crippen LogP contribution in [-0.4, -0.2) is 8.42 Å². The number of hydrogen-bond acceptors (Lipinski definition) is 3. The summed E-state index contributed by atoms with van der Waals surface area (Å²) in [5, 5.41) is 0. The Morgan fingerprint density at radius 1 is 1.05 bits per heavy atom. The van der Waals surface area contributed by atoms with Gasteiger partial charge in [-0.2, -0.15) is 0 Å². The Kier molecular flexibility index (Phi) is 4.54. The lowest BCUT2D eigenvalue weighted by molar-refractivity contribution is 0.0795. The van der Waals surface area contributed by atoms with Crippen LogP contribution >= 0.6 is 0 Å². The number of hydrogen-bond donors (Lipinski definition) is 1. The van der Waals surface area contributed by atoms with Crippen molar-refractivity contribution in [2.45, 2.75) is 25.3 Å². The molecule has 0 bridgehead atoms. The highest BCUT2D eigenvalue weighted by Crippen LogP contribution is 2.16. The van der Waals surface area contributed by atoms with Gasteiger partial charge in [0.15, 0.2) is 0 Å². The molecule has 0 saturated carbocycles. The largest absolute Gasteiger partial charge is 0.282 e. The van der Waals surface area contributed by atoms with Gasteiger partial charge < -0.3 is 0 Å². The predicted molar refractivity (Wildman–Crippen MR) is 77.5 cm³/mol. The Balaban J connectivity index is 2.06. The Bertz CT molecular complexity index is 682. The Morgan fingerprint density at radius 2 is 1.75 bits per heavy atom. The van der Waals surface area contributed by atoms with Crippen LogP contribution in [0.15, 0.2) is 53.4 Å². The molecule has 0 aliphatic heterocycles. The quantitative estimate of drug-likeness (QED) is 0.862. The van der Waals surface area contributed by atoms with Crippen LogP contribution < -0.4 is 4.89 Å². The number of aryl methyl sites for hydroxylation is 2. The number of benzene rings is 2. The minimum absolute atomic E-state index is 0.185. The predicted octanol–water partition coefficient (Wildman–Crippen LogP) is 2.71. The van der Waals surface area contributed by atoms with Crippen molar-refractivity contribution in [3.63, 3.8) is 0 Å². The van der Waals surface area contributed by atoms with Gasteiger partial charge in [0.05, 0.1) is 11.5 Å². The molecule has 2 rings (SSSR count). The van der Waals surface area contributed by atoms with E-state index in [1.54, 1.807) is 19.1 Å². The highest BCUT2D eigenvalue weighted by Gasteiger charge is 2.17. The average molecular weight is 291 g/mol. The summed E-state index contributed by atoms with van der Waals surface area (Å²) in [6.45, 7) is 3.79. The number of sulfonamides is 1. The third-order valence-corrected chi connectivity index (χ3v) is 4.24. The molecule has 0 unspecified atom stereocenters. The van der Waals surface area contributed by atoms with Crippen LogP contribution in [0.2, 0.25) is 0 Å². The zero-order chi connectivity index (χ0) is 14.6. The van der Waals surface area contributed by atoms with Gasteiger partial charge in [0.25, 0.3) is 10.0 Å².